The molecule has 0 aromatic rings. The van der Waals surface area contributed by atoms with Gasteiger partial charge in [-0.25, -0.2) is 0 Å². The van der Waals surface area contributed by atoms with Crippen molar-refractivity contribution in [2.45, 2.75) is 71.4 Å². The Kier molecular flexibility index (Phi) is 5.26. The molecule has 1 heterocycles. The molecule has 1 aliphatic heterocycles. The maximum absolute atomic E-state index is 12.5. The highest BCUT2D eigenvalue weighted by Crippen LogP contribution is 2.30. The summed E-state index contributed by atoms with van der Waals surface area (Å²) < 4.78 is 0. The minimum atomic E-state index is 0.0764. The Hall–Kier alpha value is -0.570. The highest BCUT2D eigenvalue weighted by molar-refractivity contribution is 5.82. The summed E-state index contributed by atoms with van der Waals surface area (Å²) in [5.41, 5.74) is 0. The lowest BCUT2D eigenvalue weighted by Crippen LogP contribution is -2.60. The molecular formula is C16H30N2O. The van der Waals surface area contributed by atoms with E-state index in [2.05, 4.69) is 30.6 Å². The normalized spacial score (nSPS) is 30.9. The predicted octanol–water partition coefficient (Wildman–Crippen LogP) is 2.90. The van der Waals surface area contributed by atoms with E-state index in [9.17, 15) is 4.79 Å². The first-order valence-electron chi connectivity index (χ1n) is 8.21. The molecule has 2 aliphatic rings. The Morgan fingerprint density at radius 3 is 2.37 bits per heavy atom. The van der Waals surface area contributed by atoms with Crippen molar-refractivity contribution in [3.63, 3.8) is 0 Å². The van der Waals surface area contributed by atoms with Gasteiger partial charge < -0.3 is 4.90 Å². The lowest BCUT2D eigenvalue weighted by molar-refractivity contribution is -0.145. The second-order valence-corrected chi connectivity index (χ2v) is 6.28. The lowest BCUT2D eigenvalue weighted by Gasteiger charge is -2.45. The van der Waals surface area contributed by atoms with Gasteiger partial charge in [-0.05, 0) is 32.7 Å². The van der Waals surface area contributed by atoms with E-state index < -0.39 is 0 Å². The molecule has 1 saturated heterocycles. The molecule has 2 unspecified atom stereocenters. The number of carbonyl (C=O) groups excluding carboxylic acids is 1. The van der Waals surface area contributed by atoms with Crippen molar-refractivity contribution in [2.24, 2.45) is 5.92 Å². The summed E-state index contributed by atoms with van der Waals surface area (Å²) in [5.74, 6) is 1.20. The number of rotatable bonds is 4. The molecule has 0 aromatic carbocycles. The van der Waals surface area contributed by atoms with Gasteiger partial charge in [0.25, 0.3) is 0 Å². The van der Waals surface area contributed by atoms with E-state index in [0.29, 0.717) is 11.9 Å². The SMILES string of the molecule is CCN1CC(CC2CCCCC2)N(CC)C(=O)C1C. The van der Waals surface area contributed by atoms with Crippen LogP contribution in [0, 0.1) is 5.92 Å². The lowest BCUT2D eigenvalue weighted by atomic mass is 9.83. The molecule has 19 heavy (non-hydrogen) atoms. The summed E-state index contributed by atoms with van der Waals surface area (Å²) in [6.45, 7) is 9.30. The van der Waals surface area contributed by atoms with Crippen LogP contribution in [0.2, 0.25) is 0 Å². The van der Waals surface area contributed by atoms with Gasteiger partial charge in [0.05, 0.1) is 6.04 Å². The smallest absolute Gasteiger partial charge is 0.239 e. The van der Waals surface area contributed by atoms with E-state index in [1.165, 1.54) is 38.5 Å². The van der Waals surface area contributed by atoms with Crippen molar-refractivity contribution in [2.75, 3.05) is 19.6 Å². The third-order valence-corrected chi connectivity index (χ3v) is 5.15. The molecule has 0 radical (unpaired) electrons. The molecule has 2 atom stereocenters. The van der Waals surface area contributed by atoms with E-state index in [0.717, 1.165) is 25.6 Å². The molecule has 0 bridgehead atoms. The summed E-state index contributed by atoms with van der Waals surface area (Å²) in [7, 11) is 0. The minimum absolute atomic E-state index is 0.0764. The van der Waals surface area contributed by atoms with Gasteiger partial charge in [-0.1, -0.05) is 39.0 Å². The van der Waals surface area contributed by atoms with Crippen molar-refractivity contribution >= 4 is 5.91 Å². The molecule has 2 rings (SSSR count). The molecule has 1 amide bonds. The van der Waals surface area contributed by atoms with Gasteiger partial charge in [0.2, 0.25) is 5.91 Å². The average molecular weight is 266 g/mol. The van der Waals surface area contributed by atoms with Crippen LogP contribution in [-0.4, -0.2) is 47.4 Å². The molecule has 3 heteroatoms. The molecule has 0 spiro atoms. The van der Waals surface area contributed by atoms with Crippen molar-refractivity contribution in [3.05, 3.63) is 0 Å². The monoisotopic (exact) mass is 266 g/mol. The number of carbonyl (C=O) groups is 1. The molecule has 0 aromatic heterocycles. The van der Waals surface area contributed by atoms with Crippen LogP contribution in [0.1, 0.15) is 59.3 Å². The molecule has 110 valence electrons. The predicted molar refractivity (Wildman–Crippen MR) is 79.1 cm³/mol. The number of hydrogen-bond donors (Lipinski definition) is 0. The first kappa shape index (κ1) is 14.8. The third kappa shape index (κ3) is 3.31. The molecule has 1 saturated carbocycles. The molecule has 3 nitrogen and oxygen atoms in total. The third-order valence-electron chi connectivity index (χ3n) is 5.15. The van der Waals surface area contributed by atoms with Crippen LogP contribution in [-0.2, 0) is 4.79 Å². The van der Waals surface area contributed by atoms with Crippen molar-refractivity contribution in [3.8, 4) is 0 Å². The summed E-state index contributed by atoms with van der Waals surface area (Å²) >= 11 is 0. The van der Waals surface area contributed by atoms with Gasteiger partial charge in [-0.15, -0.1) is 0 Å². The Labute approximate surface area is 118 Å². The Bertz CT molecular complexity index is 299. The van der Waals surface area contributed by atoms with E-state index in [-0.39, 0.29) is 6.04 Å². The number of nitrogens with zero attached hydrogens (tertiary/aromatic N) is 2. The van der Waals surface area contributed by atoms with Crippen molar-refractivity contribution in [1.82, 2.24) is 9.80 Å². The van der Waals surface area contributed by atoms with Crippen LogP contribution in [0.3, 0.4) is 0 Å². The fourth-order valence-electron chi connectivity index (χ4n) is 3.93. The van der Waals surface area contributed by atoms with E-state index in [1.54, 1.807) is 0 Å². The molecular weight excluding hydrogens is 236 g/mol. The number of piperazine rings is 1. The molecule has 0 N–H and O–H groups in total. The van der Waals surface area contributed by atoms with Crippen LogP contribution >= 0.6 is 0 Å². The minimum Gasteiger partial charge on any atom is -0.337 e. The fraction of sp³-hybridized carbons (Fsp3) is 0.938. The Balaban J connectivity index is 2.01. The topological polar surface area (TPSA) is 23.6 Å². The van der Waals surface area contributed by atoms with E-state index >= 15 is 0 Å². The van der Waals surface area contributed by atoms with Gasteiger partial charge in [0.1, 0.15) is 0 Å². The zero-order valence-electron chi connectivity index (χ0n) is 12.9. The highest BCUT2D eigenvalue weighted by Gasteiger charge is 2.37. The van der Waals surface area contributed by atoms with Crippen molar-refractivity contribution in [1.29, 1.82) is 0 Å². The van der Waals surface area contributed by atoms with Crippen LogP contribution in [0.25, 0.3) is 0 Å². The van der Waals surface area contributed by atoms with Gasteiger partial charge in [0, 0.05) is 19.1 Å². The maximum Gasteiger partial charge on any atom is 0.239 e. The summed E-state index contributed by atoms with van der Waals surface area (Å²) in [6.07, 6.45) is 8.18. The number of likely N-dealkylation sites (N-methyl/N-ethyl adjacent to an activating group) is 2. The average Bonchev–Trinajstić information content (AvgIpc) is 2.44. The standard InChI is InChI=1S/C16H30N2O/c1-4-17-12-15(11-14-9-7-6-8-10-14)18(5-2)16(19)13(17)3/h13-15H,4-12H2,1-3H3. The zero-order valence-corrected chi connectivity index (χ0v) is 12.9. The fourth-order valence-corrected chi connectivity index (χ4v) is 3.93. The second kappa shape index (κ2) is 6.74. The Morgan fingerprint density at radius 2 is 1.79 bits per heavy atom. The highest BCUT2D eigenvalue weighted by atomic mass is 16.2. The summed E-state index contributed by atoms with van der Waals surface area (Å²) in [5, 5.41) is 0. The van der Waals surface area contributed by atoms with Crippen molar-refractivity contribution < 1.29 is 4.79 Å². The van der Waals surface area contributed by atoms with Gasteiger partial charge in [-0.2, -0.15) is 0 Å². The van der Waals surface area contributed by atoms with E-state index in [4.69, 9.17) is 0 Å². The first-order chi connectivity index (χ1) is 9.17. The quantitative estimate of drug-likeness (QED) is 0.781. The molecule has 2 fully saturated rings. The summed E-state index contributed by atoms with van der Waals surface area (Å²) in [6, 6.07) is 0.532. The summed E-state index contributed by atoms with van der Waals surface area (Å²) in [4.78, 5) is 17.0. The number of amides is 1. The van der Waals surface area contributed by atoms with Crippen LogP contribution in [0.5, 0.6) is 0 Å². The van der Waals surface area contributed by atoms with Gasteiger partial charge in [-0.3, -0.25) is 9.69 Å². The number of hydrogen-bond acceptors (Lipinski definition) is 2. The van der Waals surface area contributed by atoms with Crippen LogP contribution in [0.4, 0.5) is 0 Å². The zero-order chi connectivity index (χ0) is 13.8. The van der Waals surface area contributed by atoms with Crippen LogP contribution in [0.15, 0.2) is 0 Å². The largest absolute Gasteiger partial charge is 0.337 e. The first-order valence-corrected chi connectivity index (χ1v) is 8.21. The van der Waals surface area contributed by atoms with Gasteiger partial charge in [0.15, 0.2) is 0 Å². The maximum atomic E-state index is 12.5. The Morgan fingerprint density at radius 1 is 1.11 bits per heavy atom. The van der Waals surface area contributed by atoms with Gasteiger partial charge >= 0.3 is 0 Å². The van der Waals surface area contributed by atoms with E-state index in [1.807, 2.05) is 0 Å². The molecule has 1 aliphatic carbocycles. The van der Waals surface area contributed by atoms with Crippen LogP contribution < -0.4 is 0 Å². The second-order valence-electron chi connectivity index (χ2n) is 6.28.